The van der Waals surface area contributed by atoms with E-state index in [1.165, 1.54) is 31.2 Å². The molecule has 2 aromatic rings. The van der Waals surface area contributed by atoms with Gasteiger partial charge in [0, 0.05) is 50.0 Å². The summed E-state index contributed by atoms with van der Waals surface area (Å²) in [6, 6.07) is 9.21. The van der Waals surface area contributed by atoms with Crippen molar-refractivity contribution in [2.75, 3.05) is 20.8 Å². The third-order valence-corrected chi connectivity index (χ3v) is 6.52. The van der Waals surface area contributed by atoms with E-state index in [1.807, 2.05) is 12.4 Å². The average molecular weight is 382 g/mol. The van der Waals surface area contributed by atoms with Gasteiger partial charge in [0.2, 0.25) is 0 Å². The lowest BCUT2D eigenvalue weighted by Crippen LogP contribution is -2.57. The van der Waals surface area contributed by atoms with Gasteiger partial charge in [0.25, 0.3) is 0 Å². The summed E-state index contributed by atoms with van der Waals surface area (Å²) in [7, 11) is 3.43. The zero-order chi connectivity index (χ0) is 19.3. The van der Waals surface area contributed by atoms with Crippen LogP contribution < -0.4 is 10.1 Å². The number of hydrogen-bond donors (Lipinski definition) is 1. The lowest BCUT2D eigenvalue weighted by molar-refractivity contribution is 0.0253. The topological polar surface area (TPSA) is 56.3 Å². The fourth-order valence-corrected chi connectivity index (χ4v) is 5.06. The minimum absolute atomic E-state index is 0.534. The first-order valence-electron chi connectivity index (χ1n) is 10.5. The fraction of sp³-hybridized carbons (Fsp3) is 0.565. The van der Waals surface area contributed by atoms with Crippen molar-refractivity contribution in [1.82, 2.24) is 15.3 Å². The van der Waals surface area contributed by atoms with Crippen LogP contribution in [-0.4, -0.2) is 36.8 Å². The highest BCUT2D eigenvalue weighted by Crippen LogP contribution is 2.54. The summed E-state index contributed by atoms with van der Waals surface area (Å²) in [6.45, 7) is 1.48. The van der Waals surface area contributed by atoms with Gasteiger partial charge in [-0.25, -0.2) is 9.97 Å². The number of methoxy groups -OCH3 is 2. The number of nitrogens with zero attached hydrogens (tertiary/aromatic N) is 2. The van der Waals surface area contributed by atoms with Gasteiger partial charge in [-0.3, -0.25) is 0 Å². The van der Waals surface area contributed by atoms with E-state index in [0.29, 0.717) is 18.6 Å². The van der Waals surface area contributed by atoms with Crippen molar-refractivity contribution in [2.24, 2.45) is 11.8 Å². The van der Waals surface area contributed by atoms with Crippen LogP contribution in [0.15, 0.2) is 36.7 Å². The molecule has 1 N–H and O–H groups in total. The SMILES string of the molecule is COCCc1ncc(CN[C@H]2C3CCCCC3[C@@H]2c2ccc(OC)cc2)cn1. The van der Waals surface area contributed by atoms with E-state index in [9.17, 15) is 0 Å². The zero-order valence-electron chi connectivity index (χ0n) is 16.9. The van der Waals surface area contributed by atoms with E-state index in [2.05, 4.69) is 39.6 Å². The van der Waals surface area contributed by atoms with Crippen LogP contribution in [0.4, 0.5) is 0 Å². The van der Waals surface area contributed by atoms with Crippen molar-refractivity contribution in [3.05, 3.63) is 53.6 Å². The zero-order valence-corrected chi connectivity index (χ0v) is 16.9. The summed E-state index contributed by atoms with van der Waals surface area (Å²) < 4.78 is 10.4. The highest BCUT2D eigenvalue weighted by atomic mass is 16.5. The van der Waals surface area contributed by atoms with Gasteiger partial charge in [0.1, 0.15) is 11.6 Å². The van der Waals surface area contributed by atoms with E-state index >= 15 is 0 Å². The predicted octanol–water partition coefficient (Wildman–Crippen LogP) is 3.74. The van der Waals surface area contributed by atoms with E-state index in [-0.39, 0.29) is 0 Å². The van der Waals surface area contributed by atoms with Crippen LogP contribution in [0.5, 0.6) is 5.75 Å². The molecule has 2 aliphatic carbocycles. The molecule has 1 aromatic carbocycles. The molecular formula is C23H31N3O2. The quantitative estimate of drug-likeness (QED) is 0.755. The molecule has 2 saturated carbocycles. The third kappa shape index (κ3) is 4.06. The molecular weight excluding hydrogens is 350 g/mol. The summed E-state index contributed by atoms with van der Waals surface area (Å²) in [4.78, 5) is 8.94. The van der Waals surface area contributed by atoms with Gasteiger partial charge in [-0.15, -0.1) is 0 Å². The Hall–Kier alpha value is -1.98. The Morgan fingerprint density at radius 2 is 1.71 bits per heavy atom. The average Bonchev–Trinajstić information content (AvgIpc) is 2.74. The monoisotopic (exact) mass is 381 g/mol. The molecule has 0 saturated heterocycles. The molecule has 5 nitrogen and oxygen atoms in total. The maximum absolute atomic E-state index is 5.34. The molecule has 0 radical (unpaired) electrons. The maximum atomic E-state index is 5.34. The van der Waals surface area contributed by atoms with Crippen molar-refractivity contribution >= 4 is 0 Å². The predicted molar refractivity (Wildman–Crippen MR) is 109 cm³/mol. The molecule has 4 atom stereocenters. The molecule has 0 bridgehead atoms. The summed E-state index contributed by atoms with van der Waals surface area (Å²) >= 11 is 0. The summed E-state index contributed by atoms with van der Waals surface area (Å²) in [5.41, 5.74) is 2.58. The van der Waals surface area contributed by atoms with Crippen LogP contribution in [0.1, 0.15) is 48.6 Å². The summed E-state index contributed by atoms with van der Waals surface area (Å²) in [5.74, 6) is 3.98. The number of nitrogens with one attached hydrogen (secondary N) is 1. The molecule has 5 heteroatoms. The van der Waals surface area contributed by atoms with E-state index in [1.54, 1.807) is 14.2 Å². The molecule has 0 aliphatic heterocycles. The van der Waals surface area contributed by atoms with Crippen molar-refractivity contribution in [3.63, 3.8) is 0 Å². The molecule has 2 aliphatic rings. The number of rotatable bonds is 8. The first kappa shape index (κ1) is 19.3. The highest BCUT2D eigenvalue weighted by molar-refractivity contribution is 5.33. The second-order valence-electron chi connectivity index (χ2n) is 8.07. The standard InChI is InChI=1S/C23H31N3O2/c1-27-12-11-21-24-13-16(14-25-21)15-26-23-20-6-4-3-5-19(20)22(23)17-7-9-18(28-2)10-8-17/h7-10,13-14,19-20,22-23,26H,3-6,11-12,15H2,1-2H3/t19?,20?,22-,23-/m0/s1. The van der Waals surface area contributed by atoms with Gasteiger partial charge in [-0.2, -0.15) is 0 Å². The summed E-state index contributed by atoms with van der Waals surface area (Å²) in [6.07, 6.45) is 10.1. The van der Waals surface area contributed by atoms with Gasteiger partial charge in [-0.1, -0.05) is 25.0 Å². The van der Waals surface area contributed by atoms with E-state index in [4.69, 9.17) is 9.47 Å². The van der Waals surface area contributed by atoms with Gasteiger partial charge in [0.05, 0.1) is 13.7 Å². The molecule has 150 valence electrons. The van der Waals surface area contributed by atoms with Crippen LogP contribution in [0.2, 0.25) is 0 Å². The first-order valence-corrected chi connectivity index (χ1v) is 10.5. The van der Waals surface area contributed by atoms with E-state index < -0.39 is 0 Å². The van der Waals surface area contributed by atoms with Crippen LogP contribution in [0.25, 0.3) is 0 Å². The molecule has 1 heterocycles. The lowest BCUT2D eigenvalue weighted by Gasteiger charge is -2.55. The second kappa shape index (κ2) is 9.01. The smallest absolute Gasteiger partial charge is 0.130 e. The minimum Gasteiger partial charge on any atom is -0.497 e. The van der Waals surface area contributed by atoms with Gasteiger partial charge in [0.15, 0.2) is 0 Å². The normalized spacial score (nSPS) is 26.4. The molecule has 2 fully saturated rings. The number of ether oxygens (including phenoxy) is 2. The minimum atomic E-state index is 0.534. The first-order chi connectivity index (χ1) is 13.8. The number of benzene rings is 1. The Morgan fingerprint density at radius 1 is 1.00 bits per heavy atom. The van der Waals surface area contributed by atoms with Crippen LogP contribution in [0, 0.1) is 11.8 Å². The van der Waals surface area contributed by atoms with Crippen molar-refractivity contribution in [2.45, 2.75) is 50.6 Å². The molecule has 2 unspecified atom stereocenters. The van der Waals surface area contributed by atoms with Crippen LogP contribution >= 0.6 is 0 Å². The largest absolute Gasteiger partial charge is 0.497 e. The van der Waals surface area contributed by atoms with E-state index in [0.717, 1.165) is 41.9 Å². The molecule has 4 rings (SSSR count). The molecule has 0 amide bonds. The second-order valence-corrected chi connectivity index (χ2v) is 8.07. The van der Waals surface area contributed by atoms with Gasteiger partial charge < -0.3 is 14.8 Å². The lowest BCUT2D eigenvalue weighted by atomic mass is 9.53. The highest BCUT2D eigenvalue weighted by Gasteiger charge is 2.50. The Balaban J connectivity index is 1.42. The van der Waals surface area contributed by atoms with Gasteiger partial charge in [-0.05, 0) is 42.4 Å². The third-order valence-electron chi connectivity index (χ3n) is 6.52. The van der Waals surface area contributed by atoms with Crippen molar-refractivity contribution in [1.29, 1.82) is 0 Å². The summed E-state index contributed by atoms with van der Waals surface area (Å²) in [5, 5.41) is 3.84. The number of aromatic nitrogens is 2. The maximum Gasteiger partial charge on any atom is 0.130 e. The Morgan fingerprint density at radius 3 is 2.39 bits per heavy atom. The Kier molecular flexibility index (Phi) is 6.23. The van der Waals surface area contributed by atoms with Crippen molar-refractivity contribution in [3.8, 4) is 5.75 Å². The van der Waals surface area contributed by atoms with Crippen LogP contribution in [0.3, 0.4) is 0 Å². The van der Waals surface area contributed by atoms with Crippen LogP contribution in [-0.2, 0) is 17.7 Å². The molecule has 0 spiro atoms. The van der Waals surface area contributed by atoms with Gasteiger partial charge >= 0.3 is 0 Å². The number of hydrogen-bond acceptors (Lipinski definition) is 5. The molecule has 28 heavy (non-hydrogen) atoms. The Bertz CT molecular complexity index is 747. The Labute approximate surface area is 167 Å². The fourth-order valence-electron chi connectivity index (χ4n) is 5.06. The van der Waals surface area contributed by atoms with Crippen molar-refractivity contribution < 1.29 is 9.47 Å². The molecule has 1 aromatic heterocycles. The number of fused-ring (bicyclic) bond motifs is 1.